The topological polar surface area (TPSA) is 42.2 Å². The summed E-state index contributed by atoms with van der Waals surface area (Å²) in [7, 11) is 2.30. The Balaban J connectivity index is 1.83. The molecule has 2 saturated heterocycles. The van der Waals surface area contributed by atoms with Crippen molar-refractivity contribution in [2.24, 2.45) is 5.73 Å². The summed E-state index contributed by atoms with van der Waals surface area (Å²) in [6, 6.07) is 1.58. The molecule has 0 aliphatic carbocycles. The number of hydrogen-bond acceptors (Lipinski definition) is 4. The first-order valence-corrected chi connectivity index (χ1v) is 8.33. The van der Waals surface area contributed by atoms with Gasteiger partial charge in [-0.15, -0.1) is 11.3 Å². The number of hydrogen-bond donors (Lipinski definition) is 1. The lowest BCUT2D eigenvalue weighted by Crippen LogP contribution is -2.39. The minimum Gasteiger partial charge on any atom is -0.326 e. The minimum atomic E-state index is 0.492. The van der Waals surface area contributed by atoms with Crippen LogP contribution in [0.5, 0.6) is 0 Å². The zero-order valence-corrected chi connectivity index (χ0v) is 13.0. The highest BCUT2D eigenvalue weighted by Crippen LogP contribution is 2.43. The molecule has 106 valence electrons. The molecular formula is C15H25N3S. The van der Waals surface area contributed by atoms with E-state index in [1.54, 1.807) is 0 Å². The zero-order valence-electron chi connectivity index (χ0n) is 12.2. The molecule has 0 amide bonds. The largest absolute Gasteiger partial charge is 0.326 e. The van der Waals surface area contributed by atoms with E-state index in [4.69, 9.17) is 10.7 Å². The number of nitrogens with two attached hydrogens (primary N) is 1. The lowest BCUT2D eigenvalue weighted by molar-refractivity contribution is 0.161. The summed E-state index contributed by atoms with van der Waals surface area (Å²) in [6.45, 7) is 5.08. The first kappa shape index (κ1) is 13.5. The van der Waals surface area contributed by atoms with E-state index in [0.29, 0.717) is 18.4 Å². The third kappa shape index (κ3) is 2.34. The van der Waals surface area contributed by atoms with Crippen LogP contribution in [0.1, 0.15) is 66.9 Å². The average molecular weight is 279 g/mol. The fourth-order valence-electron chi connectivity index (χ4n) is 3.77. The SMILES string of the molecule is CC(C)c1nc(C2CC3CCC(C2)N3C)sc1CN. The predicted molar refractivity (Wildman–Crippen MR) is 80.6 cm³/mol. The van der Waals surface area contributed by atoms with Crippen LogP contribution in [0.25, 0.3) is 0 Å². The lowest BCUT2D eigenvalue weighted by Gasteiger charge is -2.35. The molecule has 0 radical (unpaired) electrons. The van der Waals surface area contributed by atoms with E-state index >= 15 is 0 Å². The number of piperidine rings is 1. The molecular weight excluding hydrogens is 254 g/mol. The first-order chi connectivity index (χ1) is 9.10. The van der Waals surface area contributed by atoms with Crippen LogP contribution in [0.4, 0.5) is 0 Å². The van der Waals surface area contributed by atoms with Crippen LogP contribution in [0.2, 0.25) is 0 Å². The fourth-order valence-corrected chi connectivity index (χ4v) is 4.99. The molecule has 3 rings (SSSR count). The standard InChI is InChI=1S/C15H25N3S/c1-9(2)14-13(8-16)19-15(17-14)10-6-11-4-5-12(7-10)18(11)3/h9-12H,4-8,16H2,1-3H3. The van der Waals surface area contributed by atoms with Gasteiger partial charge >= 0.3 is 0 Å². The molecule has 0 aromatic carbocycles. The van der Waals surface area contributed by atoms with Crippen LogP contribution in [0.15, 0.2) is 0 Å². The van der Waals surface area contributed by atoms with Gasteiger partial charge in [0.2, 0.25) is 0 Å². The highest BCUT2D eigenvalue weighted by Gasteiger charge is 2.40. The van der Waals surface area contributed by atoms with E-state index in [-0.39, 0.29) is 0 Å². The molecule has 2 N–H and O–H groups in total. The van der Waals surface area contributed by atoms with E-state index in [0.717, 1.165) is 12.1 Å². The molecule has 0 saturated carbocycles. The van der Waals surface area contributed by atoms with Crippen LogP contribution in [-0.2, 0) is 6.54 Å². The van der Waals surface area contributed by atoms with Crippen LogP contribution >= 0.6 is 11.3 Å². The summed E-state index contributed by atoms with van der Waals surface area (Å²) in [5.41, 5.74) is 7.13. The van der Waals surface area contributed by atoms with Gasteiger partial charge in [0, 0.05) is 29.4 Å². The Morgan fingerprint density at radius 2 is 1.95 bits per heavy atom. The van der Waals surface area contributed by atoms with Gasteiger partial charge in [-0.2, -0.15) is 0 Å². The van der Waals surface area contributed by atoms with Crippen molar-refractivity contribution in [2.45, 2.75) is 70.0 Å². The van der Waals surface area contributed by atoms with Gasteiger partial charge in [0.05, 0.1) is 10.7 Å². The maximum Gasteiger partial charge on any atom is 0.0963 e. The number of thiazole rings is 1. The molecule has 2 aliphatic heterocycles. The quantitative estimate of drug-likeness (QED) is 0.924. The van der Waals surface area contributed by atoms with E-state index in [2.05, 4.69) is 25.8 Å². The zero-order chi connectivity index (χ0) is 13.6. The number of fused-ring (bicyclic) bond motifs is 2. The monoisotopic (exact) mass is 279 g/mol. The Labute approximate surface area is 120 Å². The molecule has 0 spiro atoms. The van der Waals surface area contributed by atoms with Crippen molar-refractivity contribution in [3.8, 4) is 0 Å². The van der Waals surface area contributed by atoms with Crippen molar-refractivity contribution in [1.82, 2.24) is 9.88 Å². The van der Waals surface area contributed by atoms with Gasteiger partial charge < -0.3 is 10.6 Å². The Bertz CT molecular complexity index is 440. The molecule has 2 atom stereocenters. The summed E-state index contributed by atoms with van der Waals surface area (Å²) in [4.78, 5) is 8.84. The highest BCUT2D eigenvalue weighted by atomic mass is 32.1. The summed E-state index contributed by atoms with van der Waals surface area (Å²) in [5.74, 6) is 1.17. The van der Waals surface area contributed by atoms with Crippen molar-refractivity contribution in [1.29, 1.82) is 0 Å². The number of nitrogens with zero attached hydrogens (tertiary/aromatic N) is 2. The summed E-state index contributed by atoms with van der Waals surface area (Å²) >= 11 is 1.87. The van der Waals surface area contributed by atoms with E-state index in [9.17, 15) is 0 Å². The van der Waals surface area contributed by atoms with Gasteiger partial charge in [-0.25, -0.2) is 4.98 Å². The van der Waals surface area contributed by atoms with Gasteiger partial charge in [0.15, 0.2) is 0 Å². The highest BCUT2D eigenvalue weighted by molar-refractivity contribution is 7.11. The Hall–Kier alpha value is -0.450. The summed E-state index contributed by atoms with van der Waals surface area (Å²) in [5, 5.41) is 1.36. The molecule has 3 heterocycles. The van der Waals surface area contributed by atoms with E-state index < -0.39 is 0 Å². The van der Waals surface area contributed by atoms with Crippen molar-refractivity contribution < 1.29 is 0 Å². The van der Waals surface area contributed by atoms with Gasteiger partial charge in [-0.3, -0.25) is 0 Å². The van der Waals surface area contributed by atoms with E-state index in [1.165, 1.54) is 41.3 Å². The lowest BCUT2D eigenvalue weighted by atomic mass is 9.91. The van der Waals surface area contributed by atoms with E-state index in [1.807, 2.05) is 11.3 Å². The molecule has 2 bridgehead atoms. The van der Waals surface area contributed by atoms with Crippen molar-refractivity contribution >= 4 is 11.3 Å². The van der Waals surface area contributed by atoms with Gasteiger partial charge in [-0.05, 0) is 38.6 Å². The number of aromatic nitrogens is 1. The van der Waals surface area contributed by atoms with Crippen LogP contribution in [-0.4, -0.2) is 29.0 Å². The third-order valence-corrected chi connectivity index (χ3v) is 6.18. The Morgan fingerprint density at radius 1 is 1.32 bits per heavy atom. The second-order valence-electron chi connectivity index (χ2n) is 6.44. The summed E-state index contributed by atoms with van der Waals surface area (Å²) < 4.78 is 0. The average Bonchev–Trinajstić information content (AvgIpc) is 2.88. The number of rotatable bonds is 3. The molecule has 3 nitrogen and oxygen atoms in total. The van der Waals surface area contributed by atoms with Crippen LogP contribution in [0.3, 0.4) is 0 Å². The molecule has 4 heteroatoms. The normalized spacial score (nSPS) is 31.3. The maximum absolute atomic E-state index is 5.88. The molecule has 2 fully saturated rings. The van der Waals surface area contributed by atoms with Gasteiger partial charge in [0.25, 0.3) is 0 Å². The second-order valence-corrected chi connectivity index (χ2v) is 7.55. The Kier molecular flexibility index (Phi) is 3.67. The van der Waals surface area contributed by atoms with Crippen LogP contribution < -0.4 is 5.73 Å². The third-order valence-electron chi connectivity index (χ3n) is 4.92. The maximum atomic E-state index is 5.88. The second kappa shape index (κ2) is 5.15. The van der Waals surface area contributed by atoms with Crippen molar-refractivity contribution in [3.05, 3.63) is 15.6 Å². The molecule has 2 unspecified atom stereocenters. The first-order valence-electron chi connectivity index (χ1n) is 7.51. The smallest absolute Gasteiger partial charge is 0.0963 e. The Morgan fingerprint density at radius 3 is 2.42 bits per heavy atom. The summed E-state index contributed by atoms with van der Waals surface area (Å²) in [6.07, 6.45) is 5.35. The fraction of sp³-hybridized carbons (Fsp3) is 0.800. The molecule has 19 heavy (non-hydrogen) atoms. The van der Waals surface area contributed by atoms with Crippen LogP contribution in [0, 0.1) is 0 Å². The van der Waals surface area contributed by atoms with Gasteiger partial charge in [0.1, 0.15) is 0 Å². The molecule has 1 aromatic rings. The van der Waals surface area contributed by atoms with Crippen molar-refractivity contribution in [2.75, 3.05) is 7.05 Å². The molecule has 1 aromatic heterocycles. The minimum absolute atomic E-state index is 0.492. The molecule has 2 aliphatic rings. The predicted octanol–water partition coefficient (Wildman–Crippen LogP) is 3.07. The van der Waals surface area contributed by atoms with Crippen molar-refractivity contribution in [3.63, 3.8) is 0 Å². The van der Waals surface area contributed by atoms with Gasteiger partial charge in [-0.1, -0.05) is 13.8 Å².